The lowest BCUT2D eigenvalue weighted by atomic mass is 9.86. The van der Waals surface area contributed by atoms with Crippen molar-refractivity contribution in [3.05, 3.63) is 29.3 Å². The van der Waals surface area contributed by atoms with Crippen LogP contribution in [0.4, 0.5) is 0 Å². The minimum absolute atomic E-state index is 0.138. The van der Waals surface area contributed by atoms with Crippen molar-refractivity contribution in [3.8, 4) is 5.75 Å². The Bertz CT molecular complexity index is 705. The first-order valence-corrected chi connectivity index (χ1v) is 10.8. The average Bonchev–Trinajstić information content (AvgIpc) is 3.14. The quantitative estimate of drug-likeness (QED) is 0.456. The van der Waals surface area contributed by atoms with Gasteiger partial charge in [-0.05, 0) is 55.5 Å². The van der Waals surface area contributed by atoms with Crippen LogP contribution < -0.4 is 10.1 Å². The third-order valence-electron chi connectivity index (χ3n) is 5.32. The van der Waals surface area contributed by atoms with Crippen LogP contribution in [0, 0.1) is 6.92 Å². The topological polar surface area (TPSA) is 119 Å². The van der Waals surface area contributed by atoms with Gasteiger partial charge >= 0.3 is 11.9 Å². The van der Waals surface area contributed by atoms with Gasteiger partial charge < -0.3 is 25.4 Å². The SMILES string of the molecule is CCN1CCCC1CNCC(O)COc1ccc(C(C)(C)C)cc1C.O=C(O)C(=O)O. The van der Waals surface area contributed by atoms with Crippen molar-refractivity contribution in [2.75, 3.05) is 32.8 Å². The third kappa shape index (κ3) is 9.67. The Hall–Kier alpha value is -2.16. The first-order valence-electron chi connectivity index (χ1n) is 10.8. The number of carboxylic acids is 2. The maximum Gasteiger partial charge on any atom is 0.414 e. The molecule has 1 aromatic rings. The number of nitrogens with zero attached hydrogens (tertiary/aromatic N) is 1. The Morgan fingerprint density at radius 1 is 1.26 bits per heavy atom. The fourth-order valence-electron chi connectivity index (χ4n) is 3.48. The number of aryl methyl sites for hydroxylation is 1. The van der Waals surface area contributed by atoms with Crippen molar-refractivity contribution in [1.29, 1.82) is 0 Å². The summed E-state index contributed by atoms with van der Waals surface area (Å²) in [6.45, 7) is 15.1. The molecule has 0 amide bonds. The Morgan fingerprint density at radius 3 is 2.42 bits per heavy atom. The number of nitrogens with one attached hydrogen (secondary N) is 1. The zero-order valence-corrected chi connectivity index (χ0v) is 19.4. The molecule has 1 fully saturated rings. The number of carboxylic acid groups (broad SMARTS) is 2. The maximum absolute atomic E-state index is 10.2. The van der Waals surface area contributed by atoms with E-state index in [1.165, 1.54) is 24.9 Å². The molecule has 1 aliphatic heterocycles. The highest BCUT2D eigenvalue weighted by Crippen LogP contribution is 2.27. The average molecular weight is 439 g/mol. The van der Waals surface area contributed by atoms with Gasteiger partial charge in [0.15, 0.2) is 0 Å². The summed E-state index contributed by atoms with van der Waals surface area (Å²) < 4.78 is 5.83. The predicted octanol–water partition coefficient (Wildman–Crippen LogP) is 2.26. The first-order chi connectivity index (χ1) is 14.5. The number of likely N-dealkylation sites (N-methyl/N-ethyl adjacent to an activating group) is 1. The van der Waals surface area contributed by atoms with Crippen molar-refractivity contribution in [2.24, 2.45) is 0 Å². The number of aliphatic hydroxyl groups is 1. The van der Waals surface area contributed by atoms with Crippen molar-refractivity contribution < 1.29 is 29.6 Å². The van der Waals surface area contributed by atoms with Crippen LogP contribution in [0.15, 0.2) is 18.2 Å². The van der Waals surface area contributed by atoms with Gasteiger partial charge in [0.05, 0.1) is 0 Å². The molecule has 0 aromatic heterocycles. The molecular weight excluding hydrogens is 400 g/mol. The molecule has 0 aliphatic carbocycles. The van der Waals surface area contributed by atoms with E-state index in [2.05, 4.69) is 57.0 Å². The van der Waals surface area contributed by atoms with E-state index in [0.717, 1.165) is 24.4 Å². The van der Waals surface area contributed by atoms with Crippen LogP contribution in [-0.2, 0) is 15.0 Å². The number of benzene rings is 1. The monoisotopic (exact) mass is 438 g/mol. The molecule has 31 heavy (non-hydrogen) atoms. The molecule has 1 aliphatic rings. The van der Waals surface area contributed by atoms with E-state index in [1.54, 1.807) is 0 Å². The molecule has 2 unspecified atom stereocenters. The van der Waals surface area contributed by atoms with Gasteiger partial charge in [-0.1, -0.05) is 39.8 Å². The molecule has 1 aromatic carbocycles. The molecule has 0 bridgehead atoms. The molecule has 0 saturated carbocycles. The number of hydrogen-bond acceptors (Lipinski definition) is 6. The summed E-state index contributed by atoms with van der Waals surface area (Å²) in [5.41, 5.74) is 2.56. The van der Waals surface area contributed by atoms with Crippen LogP contribution in [0.5, 0.6) is 5.75 Å². The summed E-state index contributed by atoms with van der Waals surface area (Å²) in [4.78, 5) is 20.7. The zero-order chi connectivity index (χ0) is 23.6. The molecule has 0 radical (unpaired) electrons. The number of aliphatic hydroxyl groups excluding tert-OH is 1. The number of hydrogen-bond donors (Lipinski definition) is 4. The summed E-state index contributed by atoms with van der Waals surface area (Å²) >= 11 is 0. The number of aliphatic carboxylic acids is 2. The lowest BCUT2D eigenvalue weighted by Gasteiger charge is -2.24. The van der Waals surface area contributed by atoms with Gasteiger partial charge in [0, 0.05) is 19.1 Å². The Kier molecular flexibility index (Phi) is 11.0. The molecule has 8 nitrogen and oxygen atoms in total. The van der Waals surface area contributed by atoms with E-state index in [1.807, 2.05) is 6.07 Å². The molecule has 4 N–H and O–H groups in total. The van der Waals surface area contributed by atoms with Crippen molar-refractivity contribution >= 4 is 11.9 Å². The highest BCUT2D eigenvalue weighted by Gasteiger charge is 2.22. The van der Waals surface area contributed by atoms with Crippen molar-refractivity contribution in [2.45, 2.75) is 65.0 Å². The minimum Gasteiger partial charge on any atom is -0.491 e. The fourth-order valence-corrected chi connectivity index (χ4v) is 3.48. The maximum atomic E-state index is 10.2. The second kappa shape index (κ2) is 12.6. The number of ether oxygens (including phenoxy) is 1. The third-order valence-corrected chi connectivity index (χ3v) is 5.32. The standard InChI is InChI=1S/C21H36N2O2.C2H2O4/c1-6-23-11-7-8-18(23)13-22-14-19(24)15-25-20-10-9-17(12-16(20)2)21(3,4)5;3-1(4)2(5)6/h9-10,12,18-19,22,24H,6-8,11,13-15H2,1-5H3;(H,3,4)(H,5,6). The molecule has 1 saturated heterocycles. The fraction of sp³-hybridized carbons (Fsp3) is 0.652. The molecule has 1 heterocycles. The van der Waals surface area contributed by atoms with E-state index >= 15 is 0 Å². The summed E-state index contributed by atoms with van der Waals surface area (Å²) in [7, 11) is 0. The number of likely N-dealkylation sites (tertiary alicyclic amines) is 1. The second-order valence-corrected chi connectivity index (χ2v) is 8.89. The largest absolute Gasteiger partial charge is 0.491 e. The van der Waals surface area contributed by atoms with Crippen molar-refractivity contribution in [3.63, 3.8) is 0 Å². The zero-order valence-electron chi connectivity index (χ0n) is 19.4. The normalized spacial score (nSPS) is 17.5. The highest BCUT2D eigenvalue weighted by atomic mass is 16.5. The summed E-state index contributed by atoms with van der Waals surface area (Å²) in [5.74, 6) is -2.79. The molecule has 0 spiro atoms. The van der Waals surface area contributed by atoms with Gasteiger partial charge in [-0.25, -0.2) is 9.59 Å². The van der Waals surface area contributed by atoms with Crippen molar-refractivity contribution in [1.82, 2.24) is 10.2 Å². The van der Waals surface area contributed by atoms with Crippen LogP contribution >= 0.6 is 0 Å². The van der Waals surface area contributed by atoms with E-state index in [4.69, 9.17) is 24.5 Å². The second-order valence-electron chi connectivity index (χ2n) is 8.89. The van der Waals surface area contributed by atoms with Gasteiger partial charge in [-0.3, -0.25) is 4.90 Å². The van der Waals surface area contributed by atoms with E-state index in [-0.39, 0.29) is 5.41 Å². The summed E-state index contributed by atoms with van der Waals surface area (Å²) in [5, 5.41) is 28.4. The summed E-state index contributed by atoms with van der Waals surface area (Å²) in [6, 6.07) is 6.93. The summed E-state index contributed by atoms with van der Waals surface area (Å²) in [6.07, 6.45) is 2.06. The van der Waals surface area contributed by atoms with Crippen LogP contribution in [0.1, 0.15) is 51.7 Å². The smallest absolute Gasteiger partial charge is 0.414 e. The lowest BCUT2D eigenvalue weighted by molar-refractivity contribution is -0.159. The molecule has 176 valence electrons. The molecule has 2 rings (SSSR count). The van der Waals surface area contributed by atoms with Gasteiger partial charge in [-0.15, -0.1) is 0 Å². The van der Waals surface area contributed by atoms with Gasteiger partial charge in [0.1, 0.15) is 18.5 Å². The number of rotatable bonds is 8. The molecule has 8 heteroatoms. The van der Waals surface area contributed by atoms with E-state index < -0.39 is 18.0 Å². The van der Waals surface area contributed by atoms with Crippen LogP contribution in [-0.4, -0.2) is 77.1 Å². The Labute approximate surface area is 185 Å². The van der Waals surface area contributed by atoms with Crippen LogP contribution in [0.3, 0.4) is 0 Å². The number of carbonyl (C=O) groups is 2. The predicted molar refractivity (Wildman–Crippen MR) is 120 cm³/mol. The van der Waals surface area contributed by atoms with E-state index in [0.29, 0.717) is 19.2 Å². The Morgan fingerprint density at radius 2 is 1.90 bits per heavy atom. The van der Waals surface area contributed by atoms with Crippen LogP contribution in [0.25, 0.3) is 0 Å². The first kappa shape index (κ1) is 26.9. The highest BCUT2D eigenvalue weighted by molar-refractivity contribution is 6.27. The van der Waals surface area contributed by atoms with Gasteiger partial charge in [0.2, 0.25) is 0 Å². The van der Waals surface area contributed by atoms with Gasteiger partial charge in [-0.2, -0.15) is 0 Å². The Balaban J connectivity index is 0.000000703. The minimum atomic E-state index is -1.82. The molecule has 2 atom stereocenters. The van der Waals surface area contributed by atoms with E-state index in [9.17, 15) is 5.11 Å². The molecular formula is C23H38N2O6. The van der Waals surface area contributed by atoms with Gasteiger partial charge in [0.25, 0.3) is 0 Å². The van der Waals surface area contributed by atoms with Crippen LogP contribution in [0.2, 0.25) is 0 Å². The lowest BCUT2D eigenvalue weighted by Crippen LogP contribution is -2.41.